The van der Waals surface area contributed by atoms with Crippen LogP contribution in [0, 0.1) is 10.8 Å². The van der Waals surface area contributed by atoms with E-state index in [1.807, 2.05) is 0 Å². The van der Waals surface area contributed by atoms with Crippen molar-refractivity contribution in [3.8, 4) is 0 Å². The molecule has 1 heterocycles. The molecule has 0 bridgehead atoms. The smallest absolute Gasteiger partial charge is 0.658 e. The number of hydrogen-bond acceptors (Lipinski definition) is 1. The molecule has 0 spiro atoms. The molecule has 1 atom stereocenters. The van der Waals surface area contributed by atoms with Crippen LogP contribution in [0.2, 0.25) is 0 Å². The molecule has 2 nitrogen and oxygen atoms in total. The fourth-order valence-corrected chi connectivity index (χ4v) is 2.38. The summed E-state index contributed by atoms with van der Waals surface area (Å²) >= 11 is 0. The van der Waals surface area contributed by atoms with Crippen LogP contribution in [0.25, 0.3) is 5.32 Å². The third-order valence-corrected chi connectivity index (χ3v) is 3.67. The van der Waals surface area contributed by atoms with Crippen LogP contribution >= 0.6 is 0 Å². The summed E-state index contributed by atoms with van der Waals surface area (Å²) < 4.78 is 0. The van der Waals surface area contributed by atoms with Crippen molar-refractivity contribution in [2.45, 2.75) is 66.8 Å². The van der Waals surface area contributed by atoms with Crippen molar-refractivity contribution in [1.82, 2.24) is 4.90 Å². The van der Waals surface area contributed by atoms with E-state index in [2.05, 4.69) is 46.4 Å². The molecule has 1 aliphatic rings. The number of nitrogens with zero attached hydrogens (tertiary/aromatic N) is 2. The molecule has 0 saturated carbocycles. The molecule has 1 rings (SSSR count). The van der Waals surface area contributed by atoms with Gasteiger partial charge in [0.1, 0.15) is 0 Å². The molecule has 0 unspecified atom stereocenters. The van der Waals surface area contributed by atoms with E-state index >= 15 is 0 Å². The average molecular weight is 260 g/mol. The van der Waals surface area contributed by atoms with E-state index in [1.54, 1.807) is 0 Å². The van der Waals surface area contributed by atoms with E-state index in [1.165, 1.54) is 32.4 Å². The fraction of sp³-hybridized carbons (Fsp3) is 1.00. The van der Waals surface area contributed by atoms with Crippen LogP contribution in [-0.2, 0) is 0 Å². The number of hydrogen-bond donors (Lipinski definition) is 0. The van der Waals surface area contributed by atoms with Gasteiger partial charge in [-0.1, -0.05) is 58.8 Å². The van der Waals surface area contributed by atoms with Crippen LogP contribution in [0.1, 0.15) is 60.8 Å². The molecule has 3 heteroatoms. The summed E-state index contributed by atoms with van der Waals surface area (Å²) in [5.74, 6) is 0. The standard InChI is InChI=1S/C16H33N2.Li/c1-15(2,3)13-17-14(16(4,5)6)12-18-10-8-7-9-11-18;/h14H,7-13H2,1-6H3;/q-1;+1/t14-;/m1./s1. The maximum atomic E-state index is 5.02. The van der Waals surface area contributed by atoms with Crippen molar-refractivity contribution in [3.05, 3.63) is 5.32 Å². The van der Waals surface area contributed by atoms with Crippen molar-refractivity contribution in [3.63, 3.8) is 0 Å². The van der Waals surface area contributed by atoms with Crippen LogP contribution in [0.3, 0.4) is 0 Å². The van der Waals surface area contributed by atoms with Crippen molar-refractivity contribution >= 4 is 0 Å². The van der Waals surface area contributed by atoms with Crippen LogP contribution in [0.5, 0.6) is 0 Å². The molecule has 108 valence electrons. The van der Waals surface area contributed by atoms with Gasteiger partial charge in [0.25, 0.3) is 0 Å². The van der Waals surface area contributed by atoms with Gasteiger partial charge in [-0.15, -0.1) is 12.6 Å². The van der Waals surface area contributed by atoms with E-state index < -0.39 is 0 Å². The topological polar surface area (TPSA) is 17.3 Å². The maximum Gasteiger partial charge on any atom is 1.00 e. The summed E-state index contributed by atoms with van der Waals surface area (Å²) in [5, 5.41) is 5.02. The zero-order valence-corrected chi connectivity index (χ0v) is 14.4. The van der Waals surface area contributed by atoms with Gasteiger partial charge in [-0.3, -0.25) is 0 Å². The molecular weight excluding hydrogens is 227 g/mol. The Bertz CT molecular complexity index is 234. The van der Waals surface area contributed by atoms with Gasteiger partial charge in [-0.2, -0.15) is 0 Å². The first-order chi connectivity index (χ1) is 8.18. The molecule has 19 heavy (non-hydrogen) atoms. The minimum Gasteiger partial charge on any atom is -0.658 e. The Morgan fingerprint density at radius 2 is 1.47 bits per heavy atom. The third-order valence-electron chi connectivity index (χ3n) is 3.67. The molecule has 1 fully saturated rings. The van der Waals surface area contributed by atoms with Crippen LogP contribution in [-0.4, -0.2) is 37.1 Å². The SMILES string of the molecule is CC(C)(C)C[N-][C@H](CN1CCCCC1)C(C)(C)C.[Li+]. The summed E-state index contributed by atoms with van der Waals surface area (Å²) in [6.45, 7) is 18.5. The van der Waals surface area contributed by atoms with E-state index in [0.717, 1.165) is 13.1 Å². The monoisotopic (exact) mass is 260 g/mol. The molecule has 0 amide bonds. The van der Waals surface area contributed by atoms with Crippen molar-refractivity contribution < 1.29 is 18.9 Å². The van der Waals surface area contributed by atoms with Crippen LogP contribution in [0.15, 0.2) is 0 Å². The van der Waals surface area contributed by atoms with Gasteiger partial charge < -0.3 is 10.2 Å². The van der Waals surface area contributed by atoms with Gasteiger partial charge in [-0.25, -0.2) is 0 Å². The normalized spacial score (nSPS) is 19.9. The largest absolute Gasteiger partial charge is 1.00 e. The number of rotatable bonds is 4. The second-order valence-electron chi connectivity index (χ2n) is 8.14. The summed E-state index contributed by atoms with van der Waals surface area (Å²) in [4.78, 5) is 2.62. The van der Waals surface area contributed by atoms with Crippen molar-refractivity contribution in [2.24, 2.45) is 10.8 Å². The Kier molecular flexibility index (Phi) is 8.30. The molecule has 0 aromatic rings. The van der Waals surface area contributed by atoms with Crippen LogP contribution in [0.4, 0.5) is 0 Å². The third kappa shape index (κ3) is 8.40. The fourth-order valence-electron chi connectivity index (χ4n) is 2.38. The molecule has 0 aliphatic carbocycles. The molecule has 0 aromatic carbocycles. The van der Waals surface area contributed by atoms with Gasteiger partial charge >= 0.3 is 18.9 Å². The van der Waals surface area contributed by atoms with Gasteiger partial charge in [0.15, 0.2) is 0 Å². The summed E-state index contributed by atoms with van der Waals surface area (Å²) in [7, 11) is 0. The quantitative estimate of drug-likeness (QED) is 0.697. The second kappa shape index (κ2) is 8.08. The summed E-state index contributed by atoms with van der Waals surface area (Å²) in [6.07, 6.45) is 4.15. The predicted octanol–water partition coefficient (Wildman–Crippen LogP) is 1.31. The first-order valence-electron chi connectivity index (χ1n) is 7.57. The molecular formula is C16H33LiN2. The van der Waals surface area contributed by atoms with Gasteiger partial charge in [0, 0.05) is 0 Å². The average Bonchev–Trinajstić information content (AvgIpc) is 2.22. The minimum atomic E-state index is 0. The van der Waals surface area contributed by atoms with E-state index in [-0.39, 0.29) is 24.3 Å². The minimum absolute atomic E-state index is 0. The molecule has 0 N–H and O–H groups in total. The van der Waals surface area contributed by atoms with Gasteiger partial charge in [-0.05, 0) is 32.5 Å². The molecule has 1 saturated heterocycles. The van der Waals surface area contributed by atoms with Crippen molar-refractivity contribution in [2.75, 3.05) is 26.2 Å². The zero-order chi connectivity index (χ0) is 13.8. The van der Waals surface area contributed by atoms with Gasteiger partial charge in [0.05, 0.1) is 0 Å². The Balaban J connectivity index is 0.00000324. The first kappa shape index (κ1) is 19.5. The van der Waals surface area contributed by atoms with Gasteiger partial charge in [0.2, 0.25) is 0 Å². The Morgan fingerprint density at radius 3 is 1.89 bits per heavy atom. The summed E-state index contributed by atoms with van der Waals surface area (Å²) in [5.41, 5.74) is 0.591. The first-order valence-corrected chi connectivity index (χ1v) is 7.57. The molecule has 0 radical (unpaired) electrons. The number of piperidine rings is 1. The predicted molar refractivity (Wildman–Crippen MR) is 81.2 cm³/mol. The van der Waals surface area contributed by atoms with Crippen molar-refractivity contribution in [1.29, 1.82) is 0 Å². The van der Waals surface area contributed by atoms with E-state index in [9.17, 15) is 0 Å². The molecule has 1 aliphatic heterocycles. The summed E-state index contributed by atoms with van der Waals surface area (Å²) in [6, 6.07) is 0.467. The van der Waals surface area contributed by atoms with Crippen LogP contribution < -0.4 is 18.9 Å². The maximum absolute atomic E-state index is 5.02. The van der Waals surface area contributed by atoms with E-state index in [4.69, 9.17) is 5.32 Å². The second-order valence-corrected chi connectivity index (χ2v) is 8.14. The Hall–Kier alpha value is 0.517. The van der Waals surface area contributed by atoms with E-state index in [0.29, 0.717) is 11.5 Å². The number of likely N-dealkylation sites (tertiary alicyclic amines) is 1. The zero-order valence-electron chi connectivity index (χ0n) is 14.4. The Labute approximate surface area is 133 Å². The molecule has 0 aromatic heterocycles. The Morgan fingerprint density at radius 1 is 0.947 bits per heavy atom.